The third-order valence-electron chi connectivity index (χ3n) is 2.95. The van der Waals surface area contributed by atoms with Crippen LogP contribution in [0, 0.1) is 0 Å². The number of hydrogen-bond donors (Lipinski definition) is 2. The predicted octanol–water partition coefficient (Wildman–Crippen LogP) is 3.10. The maximum absolute atomic E-state index is 12.0. The van der Waals surface area contributed by atoms with Crippen LogP contribution in [0.1, 0.15) is 5.56 Å². The Morgan fingerprint density at radius 2 is 1.95 bits per heavy atom. The van der Waals surface area contributed by atoms with E-state index < -0.39 is 0 Å². The third-order valence-corrected chi connectivity index (χ3v) is 3.44. The quantitative estimate of drug-likeness (QED) is 0.817. The number of amides is 1. The summed E-state index contributed by atoms with van der Waals surface area (Å²) in [6.07, 6.45) is 0. The van der Waals surface area contributed by atoms with Crippen LogP contribution in [0.3, 0.4) is 0 Å². The molecule has 0 saturated carbocycles. The molecule has 0 bridgehead atoms. The van der Waals surface area contributed by atoms with Crippen LogP contribution >= 0.6 is 15.9 Å². The Labute approximate surface area is 133 Å². The second kappa shape index (κ2) is 7.24. The van der Waals surface area contributed by atoms with E-state index in [-0.39, 0.29) is 5.91 Å². The van der Waals surface area contributed by atoms with Crippen molar-refractivity contribution in [2.75, 3.05) is 24.6 Å². The highest BCUT2D eigenvalue weighted by molar-refractivity contribution is 9.10. The Morgan fingerprint density at radius 3 is 2.62 bits per heavy atom. The molecule has 0 heterocycles. The number of halogens is 1. The van der Waals surface area contributed by atoms with E-state index in [9.17, 15) is 4.79 Å². The Morgan fingerprint density at radius 1 is 1.24 bits per heavy atom. The van der Waals surface area contributed by atoms with Crippen molar-refractivity contribution in [2.24, 2.45) is 0 Å². The normalized spacial score (nSPS) is 10.6. The lowest BCUT2D eigenvalue weighted by atomic mass is 10.2. The molecule has 0 radical (unpaired) electrons. The molecular weight excluding hydrogens is 330 g/mol. The fourth-order valence-electron chi connectivity index (χ4n) is 2.02. The monoisotopic (exact) mass is 347 g/mol. The van der Waals surface area contributed by atoms with Gasteiger partial charge in [-0.2, -0.15) is 0 Å². The van der Waals surface area contributed by atoms with Gasteiger partial charge in [-0.25, -0.2) is 0 Å². The van der Waals surface area contributed by atoms with Crippen LogP contribution in [0.5, 0.6) is 0 Å². The molecule has 2 rings (SSSR count). The largest absolute Gasteiger partial charge is 0.399 e. The molecule has 4 nitrogen and oxygen atoms in total. The first-order chi connectivity index (χ1) is 10.0. The zero-order valence-corrected chi connectivity index (χ0v) is 13.4. The van der Waals surface area contributed by atoms with Crippen LogP contribution in [0.4, 0.5) is 11.4 Å². The predicted molar refractivity (Wildman–Crippen MR) is 90.0 cm³/mol. The Bertz CT molecular complexity index is 613. The molecular formula is C16H18BrN3O. The molecule has 0 aliphatic carbocycles. The number of anilines is 2. The molecule has 110 valence electrons. The first-order valence-electron chi connectivity index (χ1n) is 6.61. The minimum Gasteiger partial charge on any atom is -0.399 e. The SMILES string of the molecule is CN(CC(=O)Nc1ccc(N)cc1)Cc1cccc(Br)c1. The Balaban J connectivity index is 1.86. The summed E-state index contributed by atoms with van der Waals surface area (Å²) in [5.74, 6) is -0.0442. The van der Waals surface area contributed by atoms with Crippen molar-refractivity contribution in [3.05, 3.63) is 58.6 Å². The van der Waals surface area contributed by atoms with Crippen molar-refractivity contribution in [1.82, 2.24) is 4.90 Å². The summed E-state index contributed by atoms with van der Waals surface area (Å²) < 4.78 is 1.04. The fraction of sp³-hybridized carbons (Fsp3) is 0.188. The van der Waals surface area contributed by atoms with E-state index in [4.69, 9.17) is 5.73 Å². The van der Waals surface area contributed by atoms with Crippen molar-refractivity contribution in [3.8, 4) is 0 Å². The Kier molecular flexibility index (Phi) is 5.36. The fourth-order valence-corrected chi connectivity index (χ4v) is 2.46. The highest BCUT2D eigenvalue weighted by atomic mass is 79.9. The van der Waals surface area contributed by atoms with Crippen molar-refractivity contribution >= 4 is 33.2 Å². The molecule has 0 aromatic heterocycles. The van der Waals surface area contributed by atoms with Gasteiger partial charge in [0.2, 0.25) is 5.91 Å². The summed E-state index contributed by atoms with van der Waals surface area (Å²) in [4.78, 5) is 13.9. The molecule has 0 saturated heterocycles. The van der Waals surface area contributed by atoms with Crippen molar-refractivity contribution in [2.45, 2.75) is 6.54 Å². The van der Waals surface area contributed by atoms with E-state index in [2.05, 4.69) is 21.2 Å². The topological polar surface area (TPSA) is 58.4 Å². The lowest BCUT2D eigenvalue weighted by molar-refractivity contribution is -0.117. The lowest BCUT2D eigenvalue weighted by Crippen LogP contribution is -2.29. The van der Waals surface area contributed by atoms with Crippen molar-refractivity contribution in [3.63, 3.8) is 0 Å². The molecule has 1 amide bonds. The summed E-state index contributed by atoms with van der Waals surface area (Å²) in [6, 6.07) is 15.2. The van der Waals surface area contributed by atoms with Crippen LogP contribution in [-0.2, 0) is 11.3 Å². The van der Waals surface area contributed by atoms with Gasteiger partial charge < -0.3 is 11.1 Å². The molecule has 0 unspecified atom stereocenters. The van der Waals surface area contributed by atoms with Gasteiger partial charge in [0.15, 0.2) is 0 Å². The lowest BCUT2D eigenvalue weighted by Gasteiger charge is -2.16. The number of nitrogens with one attached hydrogen (secondary N) is 1. The van der Waals surface area contributed by atoms with Gasteiger partial charge >= 0.3 is 0 Å². The molecule has 21 heavy (non-hydrogen) atoms. The van der Waals surface area contributed by atoms with Gasteiger partial charge in [-0.15, -0.1) is 0 Å². The van der Waals surface area contributed by atoms with Gasteiger partial charge in [0.25, 0.3) is 0 Å². The number of likely N-dealkylation sites (N-methyl/N-ethyl adjacent to an activating group) is 1. The second-order valence-corrected chi connectivity index (χ2v) is 5.89. The first kappa shape index (κ1) is 15.5. The molecule has 0 atom stereocenters. The van der Waals surface area contributed by atoms with Crippen LogP contribution in [0.2, 0.25) is 0 Å². The number of carbonyl (C=O) groups is 1. The number of hydrogen-bond acceptors (Lipinski definition) is 3. The smallest absolute Gasteiger partial charge is 0.238 e. The van der Waals surface area contributed by atoms with E-state index >= 15 is 0 Å². The minimum absolute atomic E-state index is 0.0442. The van der Waals surface area contributed by atoms with E-state index in [1.165, 1.54) is 0 Å². The average Bonchev–Trinajstić information content (AvgIpc) is 2.41. The molecule has 0 spiro atoms. The molecule has 0 fully saturated rings. The number of nitrogen functional groups attached to an aromatic ring is 1. The molecule has 2 aromatic carbocycles. The minimum atomic E-state index is -0.0442. The highest BCUT2D eigenvalue weighted by Gasteiger charge is 2.07. The molecule has 2 aromatic rings. The van der Waals surface area contributed by atoms with Gasteiger partial charge in [0.05, 0.1) is 6.54 Å². The van der Waals surface area contributed by atoms with Crippen LogP contribution < -0.4 is 11.1 Å². The summed E-state index contributed by atoms with van der Waals surface area (Å²) in [5, 5.41) is 2.85. The third kappa shape index (κ3) is 5.21. The number of benzene rings is 2. The summed E-state index contributed by atoms with van der Waals surface area (Å²) >= 11 is 3.44. The maximum atomic E-state index is 12.0. The number of nitrogens with zero attached hydrogens (tertiary/aromatic N) is 1. The second-order valence-electron chi connectivity index (χ2n) is 4.97. The summed E-state index contributed by atoms with van der Waals surface area (Å²) in [7, 11) is 1.92. The Hall–Kier alpha value is -1.85. The first-order valence-corrected chi connectivity index (χ1v) is 7.40. The molecule has 5 heteroatoms. The molecule has 0 aliphatic rings. The zero-order chi connectivity index (χ0) is 15.2. The van der Waals surface area contributed by atoms with E-state index in [1.807, 2.05) is 36.2 Å². The highest BCUT2D eigenvalue weighted by Crippen LogP contribution is 2.13. The molecule has 3 N–H and O–H groups in total. The number of rotatable bonds is 5. The average molecular weight is 348 g/mol. The van der Waals surface area contributed by atoms with Crippen LogP contribution in [0.15, 0.2) is 53.0 Å². The van der Waals surface area contributed by atoms with E-state index in [0.717, 1.165) is 15.7 Å². The molecule has 0 aliphatic heterocycles. The maximum Gasteiger partial charge on any atom is 0.238 e. The van der Waals surface area contributed by atoms with Gasteiger partial charge in [-0.05, 0) is 49.0 Å². The van der Waals surface area contributed by atoms with E-state index in [0.29, 0.717) is 18.8 Å². The van der Waals surface area contributed by atoms with Crippen LogP contribution in [0.25, 0.3) is 0 Å². The van der Waals surface area contributed by atoms with Crippen molar-refractivity contribution < 1.29 is 4.79 Å². The van der Waals surface area contributed by atoms with E-state index in [1.54, 1.807) is 24.3 Å². The van der Waals surface area contributed by atoms with Crippen molar-refractivity contribution in [1.29, 1.82) is 0 Å². The van der Waals surface area contributed by atoms with Gasteiger partial charge in [-0.3, -0.25) is 9.69 Å². The van der Waals surface area contributed by atoms with Gasteiger partial charge in [0, 0.05) is 22.4 Å². The number of carbonyl (C=O) groups excluding carboxylic acids is 1. The standard InChI is InChI=1S/C16H18BrN3O/c1-20(10-12-3-2-4-13(17)9-12)11-16(21)19-15-7-5-14(18)6-8-15/h2-9H,10-11,18H2,1H3,(H,19,21). The summed E-state index contributed by atoms with van der Waals surface area (Å²) in [6.45, 7) is 1.05. The number of nitrogens with two attached hydrogens (primary N) is 1. The summed E-state index contributed by atoms with van der Waals surface area (Å²) in [5.41, 5.74) is 8.21. The van der Waals surface area contributed by atoms with Gasteiger partial charge in [0.1, 0.15) is 0 Å². The van der Waals surface area contributed by atoms with Gasteiger partial charge in [-0.1, -0.05) is 28.1 Å². The van der Waals surface area contributed by atoms with Crippen LogP contribution in [-0.4, -0.2) is 24.4 Å². The zero-order valence-electron chi connectivity index (χ0n) is 11.8.